The third-order valence-electron chi connectivity index (χ3n) is 2.34. The second-order valence-electron chi connectivity index (χ2n) is 3.27. The molecule has 0 bridgehead atoms. The van der Waals surface area contributed by atoms with Gasteiger partial charge >= 0.3 is 0 Å². The third-order valence-corrected chi connectivity index (χ3v) is 2.34. The predicted octanol–water partition coefficient (Wildman–Crippen LogP) is 2.08. The van der Waals surface area contributed by atoms with E-state index in [2.05, 4.69) is 0 Å². The summed E-state index contributed by atoms with van der Waals surface area (Å²) >= 11 is 0. The zero-order chi connectivity index (χ0) is 9.10. The normalized spacial score (nSPS) is 16.3. The number of hydrogen-bond donors (Lipinski definition) is 0. The molecule has 1 fully saturated rings. The molecule has 0 atom stereocenters. The maximum Gasteiger partial charge on any atom is 0.237 e. The molecule has 1 saturated carbocycles. The van der Waals surface area contributed by atoms with Crippen molar-refractivity contribution >= 4 is 6.29 Å². The topological polar surface area (TPSA) is 26.3 Å². The summed E-state index contributed by atoms with van der Waals surface area (Å²) < 4.78 is 5.61. The summed E-state index contributed by atoms with van der Waals surface area (Å²) in [6.07, 6.45) is 5.63. The van der Waals surface area contributed by atoms with E-state index in [9.17, 15) is 4.79 Å². The van der Waals surface area contributed by atoms with Gasteiger partial charge in [0, 0.05) is 0 Å². The minimum Gasteiger partial charge on any atom is -0.490 e. The zero-order valence-corrected chi connectivity index (χ0v) is 7.32. The number of carbonyl (C=O) groups excluding carboxylic acids is 1. The van der Waals surface area contributed by atoms with E-state index in [-0.39, 0.29) is 0 Å². The van der Waals surface area contributed by atoms with Crippen molar-refractivity contribution in [1.29, 1.82) is 0 Å². The van der Waals surface area contributed by atoms with Crippen molar-refractivity contribution in [2.45, 2.75) is 25.4 Å². The first kappa shape index (κ1) is 8.30. The van der Waals surface area contributed by atoms with Gasteiger partial charge < -0.3 is 4.74 Å². The summed E-state index contributed by atoms with van der Waals surface area (Å²) in [6.45, 7) is 0. The van der Waals surface area contributed by atoms with E-state index in [1.807, 2.05) is 24.5 Å². The van der Waals surface area contributed by atoms with Crippen molar-refractivity contribution in [2.24, 2.45) is 0 Å². The lowest BCUT2D eigenvalue weighted by atomic mass is 9.96. The Bertz CT molecular complexity index is 303. The second-order valence-corrected chi connectivity index (χ2v) is 3.27. The van der Waals surface area contributed by atoms with Gasteiger partial charge in [-0.15, -0.1) is 0 Å². The molecular weight excluding hydrogens is 164 g/mol. The molecule has 0 unspecified atom stereocenters. The van der Waals surface area contributed by atoms with Crippen LogP contribution in [-0.4, -0.2) is 12.4 Å². The molecule has 1 aromatic rings. The molecule has 2 rings (SSSR count). The number of benzene rings is 1. The fraction of sp³-hybridized carbons (Fsp3) is 0.364. The molecular formula is C11H11O2. The van der Waals surface area contributed by atoms with Crippen LogP contribution in [0.15, 0.2) is 24.3 Å². The molecule has 0 heterocycles. The van der Waals surface area contributed by atoms with E-state index in [1.165, 1.54) is 6.42 Å². The summed E-state index contributed by atoms with van der Waals surface area (Å²) in [4.78, 5) is 10.5. The highest BCUT2D eigenvalue weighted by Crippen LogP contribution is 2.26. The van der Waals surface area contributed by atoms with E-state index < -0.39 is 0 Å². The van der Waals surface area contributed by atoms with Gasteiger partial charge in [-0.2, -0.15) is 0 Å². The van der Waals surface area contributed by atoms with Gasteiger partial charge in [-0.3, -0.25) is 4.79 Å². The molecule has 1 aromatic carbocycles. The van der Waals surface area contributed by atoms with Gasteiger partial charge in [-0.1, -0.05) is 12.1 Å². The second kappa shape index (κ2) is 3.60. The van der Waals surface area contributed by atoms with E-state index in [4.69, 9.17) is 4.74 Å². The van der Waals surface area contributed by atoms with Crippen LogP contribution in [0.4, 0.5) is 0 Å². The van der Waals surface area contributed by atoms with E-state index in [0.717, 1.165) is 12.8 Å². The molecule has 13 heavy (non-hydrogen) atoms. The monoisotopic (exact) mass is 175 g/mol. The molecule has 1 aliphatic carbocycles. The van der Waals surface area contributed by atoms with Crippen LogP contribution in [0.1, 0.15) is 24.8 Å². The van der Waals surface area contributed by atoms with Crippen molar-refractivity contribution < 1.29 is 9.53 Å². The van der Waals surface area contributed by atoms with Crippen molar-refractivity contribution in [1.82, 2.24) is 0 Å². The predicted molar refractivity (Wildman–Crippen MR) is 49.5 cm³/mol. The SMILES string of the molecule is O=[C]c1ccccc1OC1CCC1. The third kappa shape index (κ3) is 1.72. The summed E-state index contributed by atoms with van der Waals surface area (Å²) in [7, 11) is 0. The quantitative estimate of drug-likeness (QED) is 0.703. The average Bonchev–Trinajstić information content (AvgIpc) is 2.12. The van der Waals surface area contributed by atoms with Crippen molar-refractivity contribution in [3.63, 3.8) is 0 Å². The Morgan fingerprint density at radius 2 is 2.08 bits per heavy atom. The summed E-state index contributed by atoms with van der Waals surface area (Å²) in [5.41, 5.74) is 0.523. The average molecular weight is 175 g/mol. The molecule has 0 N–H and O–H groups in total. The minimum atomic E-state index is 0.314. The lowest BCUT2D eigenvalue weighted by Crippen LogP contribution is -2.24. The van der Waals surface area contributed by atoms with Crippen LogP contribution >= 0.6 is 0 Å². The number of ether oxygens (including phenoxy) is 1. The van der Waals surface area contributed by atoms with Crippen LogP contribution in [-0.2, 0) is 4.79 Å². The van der Waals surface area contributed by atoms with Crippen LogP contribution < -0.4 is 4.74 Å². The Balaban J connectivity index is 2.12. The van der Waals surface area contributed by atoms with Crippen molar-refractivity contribution in [2.75, 3.05) is 0 Å². The van der Waals surface area contributed by atoms with Gasteiger partial charge in [0.15, 0.2) is 0 Å². The van der Waals surface area contributed by atoms with Crippen LogP contribution in [0.3, 0.4) is 0 Å². The molecule has 67 valence electrons. The Hall–Kier alpha value is -1.31. The van der Waals surface area contributed by atoms with E-state index in [0.29, 0.717) is 17.4 Å². The first-order valence-electron chi connectivity index (χ1n) is 4.54. The molecule has 0 saturated heterocycles. The maximum atomic E-state index is 10.5. The summed E-state index contributed by atoms with van der Waals surface area (Å²) in [5.74, 6) is 0.669. The highest BCUT2D eigenvalue weighted by Gasteiger charge is 2.19. The largest absolute Gasteiger partial charge is 0.490 e. The maximum absolute atomic E-state index is 10.5. The first-order chi connectivity index (χ1) is 6.40. The van der Waals surface area contributed by atoms with Crippen molar-refractivity contribution in [3.8, 4) is 5.75 Å². The van der Waals surface area contributed by atoms with Gasteiger partial charge in [-0.05, 0) is 31.4 Å². The molecule has 2 nitrogen and oxygen atoms in total. The molecule has 0 spiro atoms. The van der Waals surface area contributed by atoms with Crippen LogP contribution in [0.2, 0.25) is 0 Å². The van der Waals surface area contributed by atoms with Gasteiger partial charge in [0.2, 0.25) is 6.29 Å². The Labute approximate surface area is 77.5 Å². The van der Waals surface area contributed by atoms with Crippen LogP contribution in [0.25, 0.3) is 0 Å². The van der Waals surface area contributed by atoms with Gasteiger partial charge in [0.25, 0.3) is 0 Å². The molecule has 0 aliphatic heterocycles. The number of hydrogen-bond acceptors (Lipinski definition) is 2. The summed E-state index contributed by atoms with van der Waals surface area (Å²) in [6, 6.07) is 7.22. The molecule has 2 heteroatoms. The number of rotatable bonds is 3. The zero-order valence-electron chi connectivity index (χ0n) is 7.32. The summed E-state index contributed by atoms with van der Waals surface area (Å²) in [5, 5.41) is 0. The Kier molecular flexibility index (Phi) is 2.30. The number of para-hydroxylation sites is 1. The van der Waals surface area contributed by atoms with Gasteiger partial charge in [0.1, 0.15) is 5.75 Å². The molecule has 0 amide bonds. The lowest BCUT2D eigenvalue weighted by molar-refractivity contribution is 0.120. The fourth-order valence-electron chi connectivity index (χ4n) is 1.32. The smallest absolute Gasteiger partial charge is 0.237 e. The van der Waals surface area contributed by atoms with Crippen LogP contribution in [0, 0.1) is 0 Å². The Morgan fingerprint density at radius 3 is 2.69 bits per heavy atom. The molecule has 1 aliphatic rings. The Morgan fingerprint density at radius 1 is 1.31 bits per heavy atom. The van der Waals surface area contributed by atoms with Crippen LogP contribution in [0.5, 0.6) is 5.75 Å². The minimum absolute atomic E-state index is 0.314. The van der Waals surface area contributed by atoms with E-state index in [1.54, 1.807) is 6.07 Å². The highest BCUT2D eigenvalue weighted by molar-refractivity contribution is 5.79. The lowest BCUT2D eigenvalue weighted by Gasteiger charge is -2.26. The molecule has 1 radical (unpaired) electrons. The molecule has 0 aromatic heterocycles. The first-order valence-corrected chi connectivity index (χ1v) is 4.54. The van der Waals surface area contributed by atoms with E-state index >= 15 is 0 Å². The van der Waals surface area contributed by atoms with Gasteiger partial charge in [-0.25, -0.2) is 0 Å². The standard InChI is InChI=1S/C11H11O2/c12-8-9-4-1-2-7-11(9)13-10-5-3-6-10/h1-2,4,7,10H,3,5-6H2. The fourth-order valence-corrected chi connectivity index (χ4v) is 1.32. The van der Waals surface area contributed by atoms with Gasteiger partial charge in [0.05, 0.1) is 11.7 Å². The van der Waals surface area contributed by atoms with Crippen molar-refractivity contribution in [3.05, 3.63) is 29.8 Å². The highest BCUT2D eigenvalue weighted by atomic mass is 16.5.